The van der Waals surface area contributed by atoms with E-state index in [1.807, 2.05) is 13.0 Å². The minimum atomic E-state index is -0.474. The monoisotopic (exact) mass is 204 g/mol. The largest absolute Gasteiger partial charge is 0.307 e. The second-order valence-corrected chi connectivity index (χ2v) is 3.33. The second kappa shape index (κ2) is 5.28. The van der Waals surface area contributed by atoms with Gasteiger partial charge in [0.1, 0.15) is 11.9 Å². The van der Waals surface area contributed by atoms with Crippen LogP contribution >= 0.6 is 0 Å². The zero-order valence-electron chi connectivity index (χ0n) is 8.63. The fourth-order valence-electron chi connectivity index (χ4n) is 1.13. The Morgan fingerprint density at radius 2 is 2.40 bits per heavy atom. The van der Waals surface area contributed by atoms with E-state index in [-0.39, 0.29) is 11.6 Å². The van der Waals surface area contributed by atoms with Crippen molar-refractivity contribution in [1.82, 2.24) is 5.32 Å². The Morgan fingerprint density at radius 3 is 3.00 bits per heavy atom. The molecule has 0 aromatic heterocycles. The first-order valence-corrected chi connectivity index (χ1v) is 4.72. The fourth-order valence-corrected chi connectivity index (χ4v) is 1.13. The van der Waals surface area contributed by atoms with Crippen molar-refractivity contribution in [2.45, 2.75) is 19.5 Å². The van der Waals surface area contributed by atoms with Crippen LogP contribution in [0, 0.1) is 17.1 Å². The van der Waals surface area contributed by atoms with E-state index < -0.39 is 5.82 Å². The normalized spacial score (nSPS) is 11.8. The fraction of sp³-hybridized carbons (Fsp3) is 0.250. The SMILES string of the molecule is C=CC(C)NCc1ccc(F)c(C#N)c1. The van der Waals surface area contributed by atoms with Gasteiger partial charge in [-0.3, -0.25) is 0 Å². The number of nitrogens with one attached hydrogen (secondary N) is 1. The van der Waals surface area contributed by atoms with E-state index in [2.05, 4.69) is 11.9 Å². The van der Waals surface area contributed by atoms with Gasteiger partial charge in [0, 0.05) is 12.6 Å². The molecule has 0 aliphatic heterocycles. The lowest BCUT2D eigenvalue weighted by Crippen LogP contribution is -2.22. The molecule has 0 saturated heterocycles. The summed E-state index contributed by atoms with van der Waals surface area (Å²) in [4.78, 5) is 0. The Labute approximate surface area is 89.0 Å². The zero-order valence-corrected chi connectivity index (χ0v) is 8.63. The molecule has 1 aromatic rings. The van der Waals surface area contributed by atoms with Gasteiger partial charge in [-0.15, -0.1) is 6.58 Å². The average molecular weight is 204 g/mol. The van der Waals surface area contributed by atoms with Gasteiger partial charge < -0.3 is 5.32 Å². The van der Waals surface area contributed by atoms with E-state index in [0.29, 0.717) is 6.54 Å². The molecule has 0 fully saturated rings. The first-order valence-electron chi connectivity index (χ1n) is 4.72. The summed E-state index contributed by atoms with van der Waals surface area (Å²) in [6, 6.07) is 6.54. The van der Waals surface area contributed by atoms with Crippen LogP contribution < -0.4 is 5.32 Å². The lowest BCUT2D eigenvalue weighted by molar-refractivity contribution is 0.615. The maximum atomic E-state index is 13.0. The van der Waals surface area contributed by atoms with Crippen molar-refractivity contribution >= 4 is 0 Å². The summed E-state index contributed by atoms with van der Waals surface area (Å²) in [6.45, 7) is 6.22. The van der Waals surface area contributed by atoms with Crippen LogP contribution in [0.2, 0.25) is 0 Å². The van der Waals surface area contributed by atoms with E-state index >= 15 is 0 Å². The molecular formula is C12H13FN2. The summed E-state index contributed by atoms with van der Waals surface area (Å²) in [5.41, 5.74) is 0.974. The zero-order chi connectivity index (χ0) is 11.3. The van der Waals surface area contributed by atoms with Gasteiger partial charge in [-0.1, -0.05) is 12.1 Å². The van der Waals surface area contributed by atoms with Crippen molar-refractivity contribution < 1.29 is 4.39 Å². The second-order valence-electron chi connectivity index (χ2n) is 3.33. The van der Waals surface area contributed by atoms with Crippen molar-refractivity contribution in [2.75, 3.05) is 0 Å². The summed E-state index contributed by atoms with van der Waals surface area (Å²) in [7, 11) is 0. The van der Waals surface area contributed by atoms with Crippen LogP contribution in [0.4, 0.5) is 4.39 Å². The van der Waals surface area contributed by atoms with Crippen LogP contribution in [-0.4, -0.2) is 6.04 Å². The van der Waals surface area contributed by atoms with E-state index in [9.17, 15) is 4.39 Å². The van der Waals surface area contributed by atoms with Crippen LogP contribution in [0.1, 0.15) is 18.1 Å². The number of nitriles is 1. The van der Waals surface area contributed by atoms with Crippen LogP contribution in [0.3, 0.4) is 0 Å². The van der Waals surface area contributed by atoms with Crippen LogP contribution in [-0.2, 0) is 6.54 Å². The lowest BCUT2D eigenvalue weighted by atomic mass is 10.1. The van der Waals surface area contributed by atoms with Gasteiger partial charge in [0.2, 0.25) is 0 Å². The standard InChI is InChI=1S/C12H13FN2/c1-3-9(2)15-8-10-4-5-12(13)11(6-10)7-14/h3-6,9,15H,1,8H2,2H3. The summed E-state index contributed by atoms with van der Waals surface area (Å²) >= 11 is 0. The smallest absolute Gasteiger partial charge is 0.140 e. The van der Waals surface area contributed by atoms with Gasteiger partial charge in [0.25, 0.3) is 0 Å². The summed E-state index contributed by atoms with van der Waals surface area (Å²) in [6.07, 6.45) is 1.79. The Kier molecular flexibility index (Phi) is 4.02. The summed E-state index contributed by atoms with van der Waals surface area (Å²) < 4.78 is 13.0. The molecule has 1 aromatic carbocycles. The molecule has 0 bridgehead atoms. The molecule has 0 saturated carbocycles. The molecule has 0 radical (unpaired) electrons. The molecule has 1 atom stereocenters. The van der Waals surface area contributed by atoms with Crippen molar-refractivity contribution in [3.8, 4) is 6.07 Å². The molecule has 0 aliphatic rings. The third-order valence-electron chi connectivity index (χ3n) is 2.13. The first kappa shape index (κ1) is 11.4. The Bertz CT molecular complexity index is 393. The van der Waals surface area contributed by atoms with Gasteiger partial charge in [0.15, 0.2) is 0 Å². The van der Waals surface area contributed by atoms with Crippen molar-refractivity contribution in [3.05, 3.63) is 47.8 Å². The van der Waals surface area contributed by atoms with E-state index in [1.54, 1.807) is 18.2 Å². The van der Waals surface area contributed by atoms with Crippen molar-refractivity contribution in [2.24, 2.45) is 0 Å². The highest BCUT2D eigenvalue weighted by atomic mass is 19.1. The molecule has 0 amide bonds. The molecule has 2 nitrogen and oxygen atoms in total. The topological polar surface area (TPSA) is 35.8 Å². The highest BCUT2D eigenvalue weighted by Crippen LogP contribution is 2.09. The first-order chi connectivity index (χ1) is 7.17. The Balaban J connectivity index is 2.71. The molecule has 3 heteroatoms. The predicted molar refractivity (Wildman–Crippen MR) is 57.6 cm³/mol. The third kappa shape index (κ3) is 3.19. The van der Waals surface area contributed by atoms with Crippen LogP contribution in [0.5, 0.6) is 0 Å². The molecule has 78 valence electrons. The number of hydrogen-bond donors (Lipinski definition) is 1. The number of benzene rings is 1. The van der Waals surface area contributed by atoms with Gasteiger partial charge >= 0.3 is 0 Å². The third-order valence-corrected chi connectivity index (χ3v) is 2.13. The molecule has 15 heavy (non-hydrogen) atoms. The lowest BCUT2D eigenvalue weighted by Gasteiger charge is -2.09. The van der Waals surface area contributed by atoms with E-state index in [1.165, 1.54) is 6.07 Å². The minimum absolute atomic E-state index is 0.0838. The van der Waals surface area contributed by atoms with Gasteiger partial charge in [-0.2, -0.15) is 5.26 Å². The highest BCUT2D eigenvalue weighted by Gasteiger charge is 2.03. The summed E-state index contributed by atoms with van der Waals surface area (Å²) in [5.74, 6) is -0.474. The molecule has 0 spiro atoms. The van der Waals surface area contributed by atoms with Gasteiger partial charge in [-0.25, -0.2) is 4.39 Å². The molecule has 1 unspecified atom stereocenters. The highest BCUT2D eigenvalue weighted by molar-refractivity contribution is 5.34. The maximum Gasteiger partial charge on any atom is 0.140 e. The van der Waals surface area contributed by atoms with Crippen LogP contribution in [0.25, 0.3) is 0 Å². The quantitative estimate of drug-likeness (QED) is 0.764. The number of nitrogens with zero attached hydrogens (tertiary/aromatic N) is 1. The van der Waals surface area contributed by atoms with Gasteiger partial charge in [-0.05, 0) is 24.6 Å². The van der Waals surface area contributed by atoms with Crippen molar-refractivity contribution in [3.63, 3.8) is 0 Å². The minimum Gasteiger partial charge on any atom is -0.307 e. The van der Waals surface area contributed by atoms with Crippen molar-refractivity contribution in [1.29, 1.82) is 5.26 Å². The van der Waals surface area contributed by atoms with E-state index in [0.717, 1.165) is 5.56 Å². The number of halogens is 1. The molecule has 1 N–H and O–H groups in total. The predicted octanol–water partition coefficient (Wildman–Crippen LogP) is 2.36. The average Bonchev–Trinajstić information content (AvgIpc) is 2.27. The molecule has 1 rings (SSSR count). The maximum absolute atomic E-state index is 13.0. The Morgan fingerprint density at radius 1 is 1.67 bits per heavy atom. The van der Waals surface area contributed by atoms with Gasteiger partial charge in [0.05, 0.1) is 5.56 Å². The number of hydrogen-bond acceptors (Lipinski definition) is 2. The Hall–Kier alpha value is -1.66. The summed E-state index contributed by atoms with van der Waals surface area (Å²) in [5, 5.41) is 11.8. The molecule has 0 aliphatic carbocycles. The van der Waals surface area contributed by atoms with E-state index in [4.69, 9.17) is 5.26 Å². The molecular weight excluding hydrogens is 191 g/mol. The number of rotatable bonds is 4. The van der Waals surface area contributed by atoms with Crippen LogP contribution in [0.15, 0.2) is 30.9 Å². The molecule has 0 heterocycles.